The van der Waals surface area contributed by atoms with Crippen molar-refractivity contribution >= 4 is 27.9 Å². The highest BCUT2D eigenvalue weighted by Crippen LogP contribution is 2.13. The molecule has 0 aliphatic carbocycles. The number of hydrogen-bond donors (Lipinski definition) is 5. The Bertz CT molecular complexity index is 1070. The van der Waals surface area contributed by atoms with Gasteiger partial charge in [-0.05, 0) is 43.9 Å². The molecule has 0 heterocycles. The predicted octanol–water partition coefficient (Wildman–Crippen LogP) is 0.508. The first-order valence-corrected chi connectivity index (χ1v) is 11.8. The van der Waals surface area contributed by atoms with Crippen molar-refractivity contribution in [2.75, 3.05) is 6.54 Å². The number of rotatable bonds is 12. The number of aryl methyl sites for hydroxylation is 1. The van der Waals surface area contributed by atoms with Gasteiger partial charge >= 0.3 is 5.97 Å². The monoisotopic (exact) mass is 475 g/mol. The van der Waals surface area contributed by atoms with E-state index in [4.69, 9.17) is 11.5 Å². The van der Waals surface area contributed by atoms with Crippen LogP contribution in [-0.2, 0) is 26.0 Å². The van der Waals surface area contributed by atoms with Gasteiger partial charge in [0.15, 0.2) is 5.96 Å². The molecule has 33 heavy (non-hydrogen) atoms. The third-order valence-electron chi connectivity index (χ3n) is 4.79. The van der Waals surface area contributed by atoms with Gasteiger partial charge in [-0.2, -0.15) is 4.72 Å². The normalized spacial score (nSPS) is 13.0. The number of nitrogens with two attached hydrogens (primary N) is 2. The maximum absolute atomic E-state index is 13.0. The van der Waals surface area contributed by atoms with Gasteiger partial charge in [-0.3, -0.25) is 9.79 Å². The minimum Gasteiger partial charge on any atom is -0.480 e. The van der Waals surface area contributed by atoms with Gasteiger partial charge in [-0.1, -0.05) is 48.0 Å². The lowest BCUT2D eigenvalue weighted by atomic mass is 10.1. The molecule has 0 aliphatic rings. The Kier molecular flexibility index (Phi) is 9.37. The molecular weight excluding hydrogens is 446 g/mol. The van der Waals surface area contributed by atoms with Crippen molar-refractivity contribution in [3.05, 3.63) is 65.7 Å². The highest BCUT2D eigenvalue weighted by atomic mass is 32.2. The third-order valence-corrected chi connectivity index (χ3v) is 6.28. The van der Waals surface area contributed by atoms with Crippen LogP contribution in [0, 0.1) is 6.92 Å². The number of hydrogen-bond acceptors (Lipinski definition) is 5. The Balaban J connectivity index is 2.20. The first-order valence-electron chi connectivity index (χ1n) is 10.3. The fourth-order valence-electron chi connectivity index (χ4n) is 3.04. The smallest absolute Gasteiger partial charge is 0.326 e. The Morgan fingerprint density at radius 3 is 2.24 bits per heavy atom. The number of sulfonamides is 1. The number of nitrogens with zero attached hydrogens (tertiary/aromatic N) is 1. The van der Waals surface area contributed by atoms with Gasteiger partial charge < -0.3 is 21.9 Å². The summed E-state index contributed by atoms with van der Waals surface area (Å²) in [5.41, 5.74) is 12.1. The van der Waals surface area contributed by atoms with Crippen LogP contribution >= 0.6 is 0 Å². The van der Waals surface area contributed by atoms with Crippen molar-refractivity contribution in [2.45, 2.75) is 43.2 Å². The van der Waals surface area contributed by atoms with Gasteiger partial charge in [0.25, 0.3) is 0 Å². The lowest BCUT2D eigenvalue weighted by Gasteiger charge is -2.21. The number of carbonyl (C=O) groups excluding carboxylic acids is 1. The van der Waals surface area contributed by atoms with Crippen LogP contribution in [0.1, 0.15) is 24.0 Å². The van der Waals surface area contributed by atoms with Crippen LogP contribution in [0.5, 0.6) is 0 Å². The van der Waals surface area contributed by atoms with E-state index < -0.39 is 34.0 Å². The minimum atomic E-state index is -4.03. The summed E-state index contributed by atoms with van der Waals surface area (Å²) in [7, 11) is -4.03. The molecule has 2 rings (SSSR count). The zero-order valence-corrected chi connectivity index (χ0v) is 19.1. The fraction of sp³-hybridized carbons (Fsp3) is 0.318. The maximum atomic E-state index is 13.0. The number of carboxylic acids is 1. The van der Waals surface area contributed by atoms with E-state index in [1.807, 2.05) is 6.92 Å². The van der Waals surface area contributed by atoms with Crippen LogP contribution in [-0.4, -0.2) is 50.0 Å². The van der Waals surface area contributed by atoms with Crippen LogP contribution in [0.25, 0.3) is 0 Å². The zero-order chi connectivity index (χ0) is 24.4. The molecule has 2 atom stereocenters. The van der Waals surface area contributed by atoms with Crippen LogP contribution in [0.3, 0.4) is 0 Å². The van der Waals surface area contributed by atoms with E-state index in [9.17, 15) is 23.1 Å². The van der Waals surface area contributed by atoms with E-state index in [-0.39, 0.29) is 30.2 Å². The number of carboxylic acid groups (broad SMARTS) is 1. The van der Waals surface area contributed by atoms with Crippen molar-refractivity contribution < 1.29 is 23.1 Å². The highest BCUT2D eigenvalue weighted by Gasteiger charge is 2.29. The molecule has 0 radical (unpaired) electrons. The number of carbonyl (C=O) groups is 2. The maximum Gasteiger partial charge on any atom is 0.326 e. The number of benzene rings is 2. The molecular formula is C22H29N5O5S. The molecule has 7 N–H and O–H groups in total. The van der Waals surface area contributed by atoms with Gasteiger partial charge in [-0.25, -0.2) is 13.2 Å². The standard InChI is InChI=1S/C22H29N5O5S/c1-15-9-11-17(12-10-15)33(31,32)27-19(14-16-6-3-2-4-7-16)20(28)26-18(21(29)30)8-5-13-25-22(23)24/h2-4,6-7,9-12,18-19,27H,5,8,13-14H2,1H3,(H,26,28)(H,29,30)(H4,23,24,25)/t18-,19?/m0/s1. The van der Waals surface area contributed by atoms with Crippen LogP contribution in [0.4, 0.5) is 0 Å². The molecule has 0 spiro atoms. The van der Waals surface area contributed by atoms with Crippen molar-refractivity contribution in [1.82, 2.24) is 10.0 Å². The average Bonchev–Trinajstić information content (AvgIpc) is 2.75. The third kappa shape index (κ3) is 8.54. The molecule has 10 nitrogen and oxygen atoms in total. The molecule has 1 unspecified atom stereocenters. The first kappa shape index (κ1) is 25.8. The van der Waals surface area contributed by atoms with E-state index in [1.165, 1.54) is 12.1 Å². The molecule has 0 bridgehead atoms. The van der Waals surface area contributed by atoms with Crippen LogP contribution in [0.15, 0.2) is 64.5 Å². The van der Waals surface area contributed by atoms with Gasteiger partial charge in [0.2, 0.25) is 15.9 Å². The molecule has 0 aromatic heterocycles. The van der Waals surface area contributed by atoms with Crippen molar-refractivity contribution in [2.24, 2.45) is 16.5 Å². The summed E-state index contributed by atoms with van der Waals surface area (Å²) in [6.45, 7) is 2.03. The molecule has 0 saturated carbocycles. The molecule has 0 aliphatic heterocycles. The SMILES string of the molecule is Cc1ccc(S(=O)(=O)NC(Cc2ccccc2)C(=O)N[C@@H](CCCN=C(N)N)C(=O)O)cc1. The molecule has 2 aromatic rings. The quantitative estimate of drug-likeness (QED) is 0.169. The molecule has 0 saturated heterocycles. The van der Waals surface area contributed by atoms with Gasteiger partial charge in [0, 0.05) is 6.54 Å². The van der Waals surface area contributed by atoms with Crippen molar-refractivity contribution in [3.8, 4) is 0 Å². The number of aliphatic imine (C=N–C) groups is 1. The number of nitrogens with one attached hydrogen (secondary N) is 2. The van der Waals surface area contributed by atoms with E-state index >= 15 is 0 Å². The van der Waals surface area contributed by atoms with Crippen molar-refractivity contribution in [1.29, 1.82) is 0 Å². The zero-order valence-electron chi connectivity index (χ0n) is 18.3. The summed E-state index contributed by atoms with van der Waals surface area (Å²) in [5, 5.41) is 11.9. The molecule has 2 aromatic carbocycles. The van der Waals surface area contributed by atoms with Crippen LogP contribution in [0.2, 0.25) is 0 Å². The summed E-state index contributed by atoms with van der Waals surface area (Å²) in [6.07, 6.45) is 0.423. The van der Waals surface area contributed by atoms with E-state index in [0.29, 0.717) is 12.0 Å². The van der Waals surface area contributed by atoms with E-state index in [2.05, 4.69) is 15.0 Å². The number of amides is 1. The van der Waals surface area contributed by atoms with Crippen molar-refractivity contribution in [3.63, 3.8) is 0 Å². The van der Waals surface area contributed by atoms with Gasteiger partial charge in [0.05, 0.1) is 4.90 Å². The molecule has 178 valence electrons. The Morgan fingerprint density at radius 1 is 1.03 bits per heavy atom. The second-order valence-electron chi connectivity index (χ2n) is 7.52. The summed E-state index contributed by atoms with van der Waals surface area (Å²) < 4.78 is 28.2. The Morgan fingerprint density at radius 2 is 1.67 bits per heavy atom. The van der Waals surface area contributed by atoms with E-state index in [1.54, 1.807) is 42.5 Å². The predicted molar refractivity (Wildman–Crippen MR) is 125 cm³/mol. The molecule has 0 fully saturated rings. The summed E-state index contributed by atoms with van der Waals surface area (Å²) in [5.74, 6) is -2.10. The number of aliphatic carboxylic acids is 1. The molecule has 11 heteroatoms. The second-order valence-corrected chi connectivity index (χ2v) is 9.24. The lowest BCUT2D eigenvalue weighted by molar-refractivity contribution is -0.142. The minimum absolute atomic E-state index is 0.00554. The topological polar surface area (TPSA) is 177 Å². The second kappa shape index (κ2) is 12.0. The summed E-state index contributed by atoms with van der Waals surface area (Å²) in [6, 6.07) is 12.6. The Hall–Kier alpha value is -3.44. The van der Waals surface area contributed by atoms with Gasteiger partial charge in [0.1, 0.15) is 12.1 Å². The average molecular weight is 476 g/mol. The first-order chi connectivity index (χ1) is 15.6. The molecule has 1 amide bonds. The fourth-order valence-corrected chi connectivity index (χ4v) is 4.24. The van der Waals surface area contributed by atoms with Crippen LogP contribution < -0.4 is 21.5 Å². The highest BCUT2D eigenvalue weighted by molar-refractivity contribution is 7.89. The van der Waals surface area contributed by atoms with Gasteiger partial charge in [-0.15, -0.1) is 0 Å². The van der Waals surface area contributed by atoms with E-state index in [0.717, 1.165) is 5.56 Å². The summed E-state index contributed by atoms with van der Waals surface area (Å²) in [4.78, 5) is 28.4. The number of guanidine groups is 1. The largest absolute Gasteiger partial charge is 0.480 e. The summed E-state index contributed by atoms with van der Waals surface area (Å²) >= 11 is 0. The Labute approximate surface area is 193 Å². The lowest BCUT2D eigenvalue weighted by Crippen LogP contribution is -2.52.